The Morgan fingerprint density at radius 3 is 2.75 bits per heavy atom. The summed E-state index contributed by atoms with van der Waals surface area (Å²) in [6, 6.07) is 0.493. The van der Waals surface area contributed by atoms with Crippen molar-refractivity contribution in [2.75, 3.05) is 6.54 Å². The average Bonchev–Trinajstić information content (AvgIpc) is 1.98. The Kier molecular flexibility index (Phi) is 6.41. The summed E-state index contributed by atoms with van der Waals surface area (Å²) in [6.45, 7) is 5.07. The molecule has 0 atom stereocenters. The fraction of sp³-hybridized carbons (Fsp3) is 0.700. The molecule has 0 spiro atoms. The highest BCUT2D eigenvalue weighted by molar-refractivity contribution is 5.80. The van der Waals surface area contributed by atoms with Crippen molar-refractivity contribution in [3.63, 3.8) is 0 Å². The Bertz CT molecular complexity index is 167. The molecule has 68 valence electrons. The van der Waals surface area contributed by atoms with Crippen LogP contribution in [-0.4, -0.2) is 18.4 Å². The Morgan fingerprint density at radius 1 is 1.58 bits per heavy atom. The quantitative estimate of drug-likeness (QED) is 0.478. The highest BCUT2D eigenvalue weighted by atomic mass is 16.1. The molecule has 0 radical (unpaired) electrons. The molecule has 0 amide bonds. The average molecular weight is 167 g/mol. The van der Waals surface area contributed by atoms with E-state index in [1.54, 1.807) is 0 Å². The molecule has 0 saturated heterocycles. The minimum Gasteiger partial charge on any atom is -0.315 e. The topological polar surface area (TPSA) is 29.1 Å². The Hall–Kier alpha value is -0.810. The maximum Gasteiger partial charge on any atom is 0.144 e. The third-order valence-corrected chi connectivity index (χ3v) is 1.48. The van der Waals surface area contributed by atoms with Crippen LogP contribution in [0.5, 0.6) is 0 Å². The summed E-state index contributed by atoms with van der Waals surface area (Å²) in [5.41, 5.74) is 0. The predicted molar refractivity (Wildman–Crippen MR) is 50.8 cm³/mol. The van der Waals surface area contributed by atoms with Crippen molar-refractivity contribution in [2.24, 2.45) is 0 Å². The standard InChI is InChI=1S/C10H17NO/c1-4-6-10(12)7-5-8-11-9(2)3/h1,9,11H,5-8H2,2-3H3. The molecule has 0 saturated carbocycles. The van der Waals surface area contributed by atoms with Crippen LogP contribution in [0.3, 0.4) is 0 Å². The Labute approximate surface area is 74.7 Å². The molecule has 0 bridgehead atoms. The van der Waals surface area contributed by atoms with E-state index < -0.39 is 0 Å². The van der Waals surface area contributed by atoms with E-state index in [4.69, 9.17) is 6.42 Å². The molecule has 0 aliphatic heterocycles. The van der Waals surface area contributed by atoms with Crippen LogP contribution in [0, 0.1) is 12.3 Å². The van der Waals surface area contributed by atoms with Gasteiger partial charge in [0.25, 0.3) is 0 Å². The van der Waals surface area contributed by atoms with E-state index in [2.05, 4.69) is 25.1 Å². The molecular weight excluding hydrogens is 150 g/mol. The van der Waals surface area contributed by atoms with Gasteiger partial charge in [0.2, 0.25) is 0 Å². The van der Waals surface area contributed by atoms with Crippen LogP contribution in [0.1, 0.15) is 33.1 Å². The van der Waals surface area contributed by atoms with Gasteiger partial charge in [0.1, 0.15) is 5.78 Å². The molecule has 0 heterocycles. The second kappa shape index (κ2) is 6.87. The van der Waals surface area contributed by atoms with Gasteiger partial charge in [0.05, 0.1) is 6.42 Å². The van der Waals surface area contributed by atoms with Gasteiger partial charge < -0.3 is 5.32 Å². The first kappa shape index (κ1) is 11.2. The van der Waals surface area contributed by atoms with E-state index in [1.807, 2.05) is 0 Å². The van der Waals surface area contributed by atoms with Gasteiger partial charge in [-0.15, -0.1) is 6.42 Å². The molecule has 0 aromatic carbocycles. The van der Waals surface area contributed by atoms with Gasteiger partial charge in [-0.05, 0) is 13.0 Å². The van der Waals surface area contributed by atoms with E-state index in [9.17, 15) is 4.79 Å². The highest BCUT2D eigenvalue weighted by Crippen LogP contribution is 1.93. The van der Waals surface area contributed by atoms with E-state index in [1.165, 1.54) is 0 Å². The van der Waals surface area contributed by atoms with Gasteiger partial charge in [0.15, 0.2) is 0 Å². The first-order valence-corrected chi connectivity index (χ1v) is 4.35. The molecule has 12 heavy (non-hydrogen) atoms. The van der Waals surface area contributed by atoms with E-state index >= 15 is 0 Å². The van der Waals surface area contributed by atoms with Crippen LogP contribution in [0.2, 0.25) is 0 Å². The molecule has 0 aromatic heterocycles. The molecule has 0 fully saturated rings. The summed E-state index contributed by atoms with van der Waals surface area (Å²) in [5, 5.41) is 3.24. The summed E-state index contributed by atoms with van der Waals surface area (Å²) in [6.07, 6.45) is 6.76. The van der Waals surface area contributed by atoms with E-state index in [0.717, 1.165) is 13.0 Å². The summed E-state index contributed by atoms with van der Waals surface area (Å²) >= 11 is 0. The van der Waals surface area contributed by atoms with Gasteiger partial charge in [-0.3, -0.25) is 4.79 Å². The lowest BCUT2D eigenvalue weighted by Crippen LogP contribution is -2.24. The number of hydrogen-bond donors (Lipinski definition) is 1. The molecule has 0 unspecified atom stereocenters. The second-order valence-electron chi connectivity index (χ2n) is 3.13. The summed E-state index contributed by atoms with van der Waals surface area (Å²) in [5.74, 6) is 2.52. The first-order chi connectivity index (χ1) is 5.66. The zero-order chi connectivity index (χ0) is 9.40. The zero-order valence-electron chi connectivity index (χ0n) is 7.89. The monoisotopic (exact) mass is 167 g/mol. The Morgan fingerprint density at radius 2 is 2.25 bits per heavy atom. The molecule has 2 nitrogen and oxygen atoms in total. The maximum atomic E-state index is 10.9. The van der Waals surface area contributed by atoms with Crippen molar-refractivity contribution in [1.82, 2.24) is 5.32 Å². The fourth-order valence-corrected chi connectivity index (χ4v) is 0.879. The van der Waals surface area contributed by atoms with Crippen molar-refractivity contribution in [3.8, 4) is 12.3 Å². The maximum absolute atomic E-state index is 10.9. The Balaban J connectivity index is 3.21. The van der Waals surface area contributed by atoms with Crippen molar-refractivity contribution >= 4 is 5.78 Å². The molecule has 0 aromatic rings. The molecule has 2 heteroatoms. The molecular formula is C10H17NO. The van der Waals surface area contributed by atoms with Crippen molar-refractivity contribution < 1.29 is 4.79 Å². The normalized spacial score (nSPS) is 9.83. The van der Waals surface area contributed by atoms with Gasteiger partial charge in [-0.25, -0.2) is 0 Å². The summed E-state index contributed by atoms with van der Waals surface area (Å²) in [7, 11) is 0. The van der Waals surface area contributed by atoms with Crippen molar-refractivity contribution in [2.45, 2.75) is 39.2 Å². The summed E-state index contributed by atoms with van der Waals surface area (Å²) in [4.78, 5) is 10.9. The number of terminal acetylenes is 1. The predicted octanol–water partition coefficient (Wildman–Crippen LogP) is 1.36. The lowest BCUT2D eigenvalue weighted by Gasteiger charge is -2.06. The SMILES string of the molecule is C#CCC(=O)CCCNC(C)C. The number of nitrogens with one attached hydrogen (secondary N) is 1. The van der Waals surface area contributed by atoms with Gasteiger partial charge in [0, 0.05) is 12.5 Å². The van der Waals surface area contributed by atoms with Crippen LogP contribution in [0.4, 0.5) is 0 Å². The molecule has 1 N–H and O–H groups in total. The number of rotatable bonds is 6. The molecule has 0 aliphatic carbocycles. The lowest BCUT2D eigenvalue weighted by atomic mass is 10.2. The van der Waals surface area contributed by atoms with E-state index in [-0.39, 0.29) is 12.2 Å². The third kappa shape index (κ3) is 7.30. The molecule has 0 aliphatic rings. The lowest BCUT2D eigenvalue weighted by molar-refractivity contribution is -0.118. The minimum atomic E-state index is 0.169. The van der Waals surface area contributed by atoms with Crippen LogP contribution in [0.25, 0.3) is 0 Å². The largest absolute Gasteiger partial charge is 0.315 e. The number of Topliss-reactive ketones (excluding diaryl/α,β-unsaturated/α-hetero) is 1. The fourth-order valence-electron chi connectivity index (χ4n) is 0.879. The van der Waals surface area contributed by atoms with E-state index in [0.29, 0.717) is 12.5 Å². The minimum absolute atomic E-state index is 0.169. The van der Waals surface area contributed by atoms with Gasteiger partial charge >= 0.3 is 0 Å². The van der Waals surface area contributed by atoms with Crippen LogP contribution in [-0.2, 0) is 4.79 Å². The van der Waals surface area contributed by atoms with Crippen LogP contribution >= 0.6 is 0 Å². The zero-order valence-corrected chi connectivity index (χ0v) is 7.89. The number of ketones is 1. The van der Waals surface area contributed by atoms with Gasteiger partial charge in [-0.1, -0.05) is 19.8 Å². The van der Waals surface area contributed by atoms with Crippen molar-refractivity contribution in [3.05, 3.63) is 0 Å². The summed E-state index contributed by atoms with van der Waals surface area (Å²) < 4.78 is 0. The van der Waals surface area contributed by atoms with Crippen molar-refractivity contribution in [1.29, 1.82) is 0 Å². The second-order valence-corrected chi connectivity index (χ2v) is 3.13. The number of carbonyl (C=O) groups is 1. The third-order valence-electron chi connectivity index (χ3n) is 1.48. The first-order valence-electron chi connectivity index (χ1n) is 4.35. The van der Waals surface area contributed by atoms with Gasteiger partial charge in [-0.2, -0.15) is 0 Å². The molecule has 0 rings (SSSR count). The highest BCUT2D eigenvalue weighted by Gasteiger charge is 1.98. The van der Waals surface area contributed by atoms with Crippen LogP contribution in [0.15, 0.2) is 0 Å². The number of carbonyl (C=O) groups excluding carboxylic acids is 1. The van der Waals surface area contributed by atoms with Crippen LogP contribution < -0.4 is 5.32 Å². The number of hydrogen-bond acceptors (Lipinski definition) is 2. The smallest absolute Gasteiger partial charge is 0.144 e.